The first kappa shape index (κ1) is 29.4. The molecule has 10 nitrogen and oxygen atoms in total. The lowest BCUT2D eigenvalue weighted by molar-refractivity contribution is -0.392. The molecule has 1 saturated heterocycles. The number of hydrogen-bond acceptors (Lipinski definition) is 8. The van der Waals surface area contributed by atoms with Gasteiger partial charge in [-0.25, -0.2) is 4.79 Å². The van der Waals surface area contributed by atoms with E-state index in [1.165, 1.54) is 6.92 Å². The predicted molar refractivity (Wildman–Crippen MR) is 152 cm³/mol. The van der Waals surface area contributed by atoms with E-state index in [9.17, 15) is 14.4 Å². The number of amides is 2. The van der Waals surface area contributed by atoms with Gasteiger partial charge in [0.2, 0.25) is 17.5 Å². The minimum absolute atomic E-state index is 0.0278. The first-order valence-corrected chi connectivity index (χ1v) is 16.7. The Kier molecular flexibility index (Phi) is 7.88. The lowest BCUT2D eigenvalue weighted by Crippen LogP contribution is -2.69. The predicted octanol–water partition coefficient (Wildman–Crippen LogP) is 4.50. The normalized spacial score (nSPS) is 43.6. The summed E-state index contributed by atoms with van der Waals surface area (Å²) in [5.41, 5.74) is -0.246. The molecule has 7 fully saturated rings. The van der Waals surface area contributed by atoms with Gasteiger partial charge in [0.15, 0.2) is 0 Å². The fourth-order valence-corrected chi connectivity index (χ4v) is 9.80. The molecule has 2 N–H and O–H groups in total. The van der Waals surface area contributed by atoms with Crippen LogP contribution in [0.3, 0.4) is 0 Å². The Bertz CT molecular complexity index is 1150. The van der Waals surface area contributed by atoms with Crippen molar-refractivity contribution in [3.63, 3.8) is 0 Å². The fourth-order valence-electron chi connectivity index (χ4n) is 9.80. The maximum atomic E-state index is 13.1. The molecule has 8 aliphatic rings. The standard InChI is InChI=1S/C33H46N2O8/c1-21(36)40-25-8-6-12-32(19-25)41-33(43-42-32)23-14-22-15-24(33)18-31(16-22,17-23)35-29(37)11-7-13-34-30(38)39-20-28-26-9-4-2-3-5-10-27(26)28/h22-28H,4-20H2,1H3,(H,34,38)(H,35,37)/t22?,23?,24?,25?,26-,27+,28?,31?,32-,33?/m1/s1. The molecule has 0 aromatic heterocycles. The molecule has 0 aromatic rings. The molecular formula is C33H46N2O8. The van der Waals surface area contributed by atoms with E-state index in [1.54, 1.807) is 0 Å². The molecule has 6 saturated carbocycles. The molecule has 1 aliphatic heterocycles. The Morgan fingerprint density at radius 2 is 1.70 bits per heavy atom. The second-order valence-electron chi connectivity index (χ2n) is 14.5. The molecule has 236 valence electrons. The van der Waals surface area contributed by atoms with E-state index in [0.29, 0.717) is 56.1 Å². The van der Waals surface area contributed by atoms with Crippen LogP contribution < -0.4 is 10.6 Å². The van der Waals surface area contributed by atoms with Crippen LogP contribution in [0.1, 0.15) is 103 Å². The highest BCUT2D eigenvalue weighted by atomic mass is 17.3. The van der Waals surface area contributed by atoms with Crippen LogP contribution in [0.5, 0.6) is 0 Å². The Labute approximate surface area is 253 Å². The topological polar surface area (TPSA) is 121 Å². The summed E-state index contributed by atoms with van der Waals surface area (Å²) >= 11 is 0. The number of ether oxygens (including phenoxy) is 3. The molecule has 7 atom stereocenters. The van der Waals surface area contributed by atoms with E-state index in [0.717, 1.165) is 77.0 Å². The van der Waals surface area contributed by atoms with Crippen LogP contribution in [-0.4, -0.2) is 54.3 Å². The molecule has 0 aromatic carbocycles. The molecule has 4 bridgehead atoms. The molecule has 0 radical (unpaired) electrons. The van der Waals surface area contributed by atoms with Gasteiger partial charge in [-0.2, -0.15) is 9.78 Å². The maximum absolute atomic E-state index is 13.1. The number of nitrogens with one attached hydrogen (secondary N) is 2. The average Bonchev–Trinajstić information content (AvgIpc) is 3.44. The minimum Gasteiger partial charge on any atom is -0.462 e. The van der Waals surface area contributed by atoms with Crippen molar-refractivity contribution >= 4 is 18.0 Å². The molecular weight excluding hydrogens is 552 g/mol. The third-order valence-electron chi connectivity index (χ3n) is 11.5. The smallest absolute Gasteiger partial charge is 0.407 e. The number of alkyl carbamates (subject to hydrolysis) is 1. The lowest BCUT2D eigenvalue weighted by atomic mass is 9.50. The van der Waals surface area contributed by atoms with Crippen LogP contribution in [0.15, 0.2) is 0 Å². The number of esters is 1. The first-order valence-electron chi connectivity index (χ1n) is 16.7. The van der Waals surface area contributed by atoms with Crippen molar-refractivity contribution in [2.24, 2.45) is 35.5 Å². The molecule has 10 heteroatoms. The van der Waals surface area contributed by atoms with Gasteiger partial charge in [-0.1, -0.05) is 0 Å². The average molecular weight is 599 g/mol. The molecule has 8 rings (SSSR count). The van der Waals surface area contributed by atoms with Crippen molar-refractivity contribution in [3.05, 3.63) is 0 Å². The van der Waals surface area contributed by atoms with Gasteiger partial charge in [0, 0.05) is 62.9 Å². The summed E-state index contributed by atoms with van der Waals surface area (Å²) in [4.78, 5) is 49.0. The molecule has 2 amide bonds. The van der Waals surface area contributed by atoms with Gasteiger partial charge in [-0.15, -0.1) is 11.8 Å². The number of carbonyl (C=O) groups excluding carboxylic acids is 3. The zero-order chi connectivity index (χ0) is 29.7. The third-order valence-corrected chi connectivity index (χ3v) is 11.5. The summed E-state index contributed by atoms with van der Waals surface area (Å²) in [7, 11) is 0. The summed E-state index contributed by atoms with van der Waals surface area (Å²) in [6, 6.07) is 0. The van der Waals surface area contributed by atoms with E-state index < -0.39 is 17.7 Å². The van der Waals surface area contributed by atoms with Gasteiger partial charge in [0.25, 0.3) is 0 Å². The van der Waals surface area contributed by atoms with E-state index >= 15 is 0 Å². The van der Waals surface area contributed by atoms with Crippen LogP contribution in [0.2, 0.25) is 0 Å². The molecule has 2 spiro atoms. The summed E-state index contributed by atoms with van der Waals surface area (Å²) in [5, 5.41) is 6.22. The summed E-state index contributed by atoms with van der Waals surface area (Å²) in [5.74, 6) is 7.08. The fraction of sp³-hybridized carbons (Fsp3) is 0.848. The highest BCUT2D eigenvalue weighted by Crippen LogP contribution is 2.65. The number of rotatable bonds is 8. The zero-order valence-electron chi connectivity index (χ0n) is 25.3. The summed E-state index contributed by atoms with van der Waals surface area (Å²) in [6.45, 7) is 2.32. The van der Waals surface area contributed by atoms with Crippen molar-refractivity contribution in [1.82, 2.24) is 10.6 Å². The van der Waals surface area contributed by atoms with Gasteiger partial charge < -0.3 is 24.8 Å². The van der Waals surface area contributed by atoms with Gasteiger partial charge in [-0.05, 0) is 87.9 Å². The van der Waals surface area contributed by atoms with Crippen LogP contribution in [-0.2, 0) is 33.6 Å². The molecule has 1 heterocycles. The number of fused-ring (bicyclic) bond motifs is 1. The third kappa shape index (κ3) is 5.89. The largest absolute Gasteiger partial charge is 0.462 e. The second-order valence-corrected chi connectivity index (χ2v) is 14.5. The van der Waals surface area contributed by atoms with Crippen molar-refractivity contribution in [3.8, 4) is 11.8 Å². The van der Waals surface area contributed by atoms with E-state index in [4.69, 9.17) is 24.0 Å². The first-order chi connectivity index (χ1) is 20.8. The SMILES string of the molecule is CC(=O)OC1CCC[C@]2(C1)OOC1(O2)C2CC3CC1CC(NC(=O)CCCNC(=O)OCC1[C@H]4CCC#CCC[C@@H]14)(C3)C2. The van der Waals surface area contributed by atoms with E-state index in [-0.39, 0.29) is 35.4 Å². The quantitative estimate of drug-likeness (QED) is 0.181. The summed E-state index contributed by atoms with van der Waals surface area (Å²) in [6.07, 6.45) is 11.9. The minimum atomic E-state index is -0.872. The summed E-state index contributed by atoms with van der Waals surface area (Å²) < 4.78 is 17.8. The zero-order valence-corrected chi connectivity index (χ0v) is 25.3. The molecule has 7 aliphatic carbocycles. The van der Waals surface area contributed by atoms with Crippen molar-refractivity contribution in [1.29, 1.82) is 0 Å². The number of carbonyl (C=O) groups is 3. The van der Waals surface area contributed by atoms with Crippen molar-refractivity contribution in [2.75, 3.05) is 13.2 Å². The van der Waals surface area contributed by atoms with Gasteiger partial charge in [-0.3, -0.25) is 9.59 Å². The highest BCUT2D eigenvalue weighted by Gasteiger charge is 2.70. The van der Waals surface area contributed by atoms with Gasteiger partial charge in [0.1, 0.15) is 6.10 Å². The van der Waals surface area contributed by atoms with Crippen LogP contribution >= 0.6 is 0 Å². The van der Waals surface area contributed by atoms with Gasteiger partial charge >= 0.3 is 12.1 Å². The van der Waals surface area contributed by atoms with Crippen LogP contribution in [0, 0.1) is 47.3 Å². The monoisotopic (exact) mass is 598 g/mol. The number of hydrogen-bond donors (Lipinski definition) is 2. The van der Waals surface area contributed by atoms with Crippen molar-refractivity contribution < 1.29 is 38.4 Å². The van der Waals surface area contributed by atoms with E-state index in [2.05, 4.69) is 22.5 Å². The maximum Gasteiger partial charge on any atom is 0.407 e. The Morgan fingerprint density at radius 3 is 2.42 bits per heavy atom. The Balaban J connectivity index is 0.856. The highest BCUT2D eigenvalue weighted by molar-refractivity contribution is 5.77. The second kappa shape index (κ2) is 11.5. The van der Waals surface area contributed by atoms with Crippen LogP contribution in [0.4, 0.5) is 4.79 Å². The Hall–Kier alpha value is -2.35. The van der Waals surface area contributed by atoms with Gasteiger partial charge in [0.05, 0.1) is 6.61 Å². The molecule has 4 unspecified atom stereocenters. The molecule has 43 heavy (non-hydrogen) atoms. The van der Waals surface area contributed by atoms with E-state index in [1.807, 2.05) is 0 Å². The van der Waals surface area contributed by atoms with Crippen LogP contribution in [0.25, 0.3) is 0 Å². The van der Waals surface area contributed by atoms with Crippen molar-refractivity contribution in [2.45, 2.75) is 126 Å². The Morgan fingerprint density at radius 1 is 0.953 bits per heavy atom. The lowest BCUT2D eigenvalue weighted by Gasteiger charge is -2.62.